The molecule has 4 rings (SSSR count). The van der Waals surface area contributed by atoms with Crippen LogP contribution in [0.1, 0.15) is 53.8 Å². The molecule has 8 heteroatoms. The standard InChI is InChI=1S/C25H24F3N3O2/c1-15(22-5-3-4-10-29-22)31-24(32)18-11-17-12-20(33-2)13-21(23(17)30-14-18)16-6-8-19(9-7-16)25(26,27)28/h3-6,10-15,19H,7-9H2,1-2H3,(H,31,32)/t15-,19?/m0/s1. The number of methoxy groups -OCH3 is 1. The number of allylic oxidation sites excluding steroid dienone is 2. The van der Waals surface area contributed by atoms with Crippen LogP contribution in [0.15, 0.2) is 54.9 Å². The minimum atomic E-state index is -4.19. The van der Waals surface area contributed by atoms with Crippen LogP contribution < -0.4 is 10.1 Å². The zero-order valence-electron chi connectivity index (χ0n) is 18.3. The molecule has 0 bridgehead atoms. The number of amides is 1. The Morgan fingerprint density at radius 1 is 1.21 bits per heavy atom. The molecule has 3 aromatic rings. The van der Waals surface area contributed by atoms with Gasteiger partial charge >= 0.3 is 6.18 Å². The van der Waals surface area contributed by atoms with Gasteiger partial charge in [0, 0.05) is 23.3 Å². The van der Waals surface area contributed by atoms with E-state index < -0.39 is 12.1 Å². The molecule has 1 amide bonds. The monoisotopic (exact) mass is 455 g/mol. The summed E-state index contributed by atoms with van der Waals surface area (Å²) in [5, 5.41) is 3.59. The number of rotatable bonds is 5. The molecule has 0 saturated carbocycles. The van der Waals surface area contributed by atoms with Crippen molar-refractivity contribution in [2.45, 2.75) is 38.4 Å². The van der Waals surface area contributed by atoms with Gasteiger partial charge in [0.15, 0.2) is 0 Å². The van der Waals surface area contributed by atoms with Crippen molar-refractivity contribution >= 4 is 22.4 Å². The lowest BCUT2D eigenvalue weighted by atomic mass is 9.85. The van der Waals surface area contributed by atoms with E-state index in [1.54, 1.807) is 36.5 Å². The van der Waals surface area contributed by atoms with E-state index in [1.807, 2.05) is 19.1 Å². The first kappa shape index (κ1) is 22.8. The van der Waals surface area contributed by atoms with Crippen LogP contribution in [0.25, 0.3) is 16.5 Å². The van der Waals surface area contributed by atoms with E-state index in [1.165, 1.54) is 13.3 Å². The fourth-order valence-electron chi connectivity index (χ4n) is 4.07. The summed E-state index contributed by atoms with van der Waals surface area (Å²) in [5.74, 6) is -1.06. The Morgan fingerprint density at radius 3 is 2.67 bits per heavy atom. The molecule has 1 aliphatic carbocycles. The minimum absolute atomic E-state index is 0.0416. The molecule has 1 N–H and O–H groups in total. The van der Waals surface area contributed by atoms with Crippen molar-refractivity contribution in [2.75, 3.05) is 7.11 Å². The molecule has 0 aliphatic heterocycles. The predicted octanol–water partition coefficient (Wildman–Crippen LogP) is 5.88. The van der Waals surface area contributed by atoms with Gasteiger partial charge in [0.05, 0.1) is 35.8 Å². The van der Waals surface area contributed by atoms with Crippen molar-refractivity contribution in [2.24, 2.45) is 5.92 Å². The molecule has 1 aliphatic rings. The normalized spacial score (nSPS) is 17.4. The summed E-state index contributed by atoms with van der Waals surface area (Å²) in [6.45, 7) is 1.85. The summed E-state index contributed by atoms with van der Waals surface area (Å²) in [6, 6.07) is 10.5. The summed E-state index contributed by atoms with van der Waals surface area (Å²) >= 11 is 0. The van der Waals surface area contributed by atoms with Crippen LogP contribution in [-0.2, 0) is 0 Å². The second-order valence-corrected chi connectivity index (χ2v) is 8.16. The number of fused-ring (bicyclic) bond motifs is 1. The molecule has 2 heterocycles. The molecule has 2 aromatic heterocycles. The van der Waals surface area contributed by atoms with Gasteiger partial charge in [-0.2, -0.15) is 13.2 Å². The van der Waals surface area contributed by atoms with E-state index >= 15 is 0 Å². The van der Waals surface area contributed by atoms with Crippen LogP contribution in [0.3, 0.4) is 0 Å². The molecule has 2 atom stereocenters. The summed E-state index contributed by atoms with van der Waals surface area (Å²) in [6.07, 6.45) is 0.903. The van der Waals surface area contributed by atoms with Gasteiger partial charge in [-0.3, -0.25) is 14.8 Å². The van der Waals surface area contributed by atoms with Gasteiger partial charge in [0.2, 0.25) is 0 Å². The summed E-state index contributed by atoms with van der Waals surface area (Å²) in [4.78, 5) is 21.6. The third kappa shape index (κ3) is 4.99. The van der Waals surface area contributed by atoms with E-state index in [-0.39, 0.29) is 24.8 Å². The number of aromatic nitrogens is 2. The highest BCUT2D eigenvalue weighted by atomic mass is 19.4. The Balaban J connectivity index is 1.63. The number of hydrogen-bond donors (Lipinski definition) is 1. The third-order valence-electron chi connectivity index (χ3n) is 5.95. The molecular formula is C25H24F3N3O2. The Kier molecular flexibility index (Phi) is 6.35. The van der Waals surface area contributed by atoms with Gasteiger partial charge in [0.1, 0.15) is 5.75 Å². The molecule has 0 fully saturated rings. The van der Waals surface area contributed by atoms with Gasteiger partial charge in [-0.05, 0) is 62.1 Å². The van der Waals surface area contributed by atoms with Gasteiger partial charge in [-0.1, -0.05) is 12.1 Å². The number of nitrogens with one attached hydrogen (secondary N) is 1. The van der Waals surface area contributed by atoms with Crippen LogP contribution >= 0.6 is 0 Å². The van der Waals surface area contributed by atoms with Gasteiger partial charge in [-0.25, -0.2) is 0 Å². The molecule has 1 unspecified atom stereocenters. The Morgan fingerprint density at radius 2 is 2.03 bits per heavy atom. The largest absolute Gasteiger partial charge is 0.497 e. The SMILES string of the molecule is COc1cc(C2=CCC(C(F)(F)F)CC2)c2ncc(C(=O)N[C@@H](C)c3ccccn3)cc2c1. The second kappa shape index (κ2) is 9.21. The van der Waals surface area contributed by atoms with Crippen LogP contribution in [0.5, 0.6) is 5.75 Å². The van der Waals surface area contributed by atoms with Crippen LogP contribution in [-0.4, -0.2) is 29.2 Å². The maximum atomic E-state index is 13.1. The third-order valence-corrected chi connectivity index (χ3v) is 5.95. The lowest BCUT2D eigenvalue weighted by molar-refractivity contribution is -0.175. The zero-order valence-corrected chi connectivity index (χ0v) is 18.3. The fourth-order valence-corrected chi connectivity index (χ4v) is 4.07. The Hall–Kier alpha value is -3.42. The molecule has 33 heavy (non-hydrogen) atoms. The van der Waals surface area contributed by atoms with Crippen molar-refractivity contribution in [3.8, 4) is 5.75 Å². The number of ether oxygens (including phenoxy) is 1. The molecular weight excluding hydrogens is 431 g/mol. The van der Waals surface area contributed by atoms with E-state index in [9.17, 15) is 18.0 Å². The summed E-state index contributed by atoms with van der Waals surface area (Å²) in [7, 11) is 1.53. The van der Waals surface area contributed by atoms with Crippen LogP contribution in [0, 0.1) is 5.92 Å². The molecule has 0 radical (unpaired) electrons. The average molecular weight is 455 g/mol. The average Bonchev–Trinajstić information content (AvgIpc) is 2.83. The fraction of sp³-hybridized carbons (Fsp3) is 0.320. The highest BCUT2D eigenvalue weighted by Gasteiger charge is 2.39. The number of halogens is 3. The first-order valence-corrected chi connectivity index (χ1v) is 10.7. The quantitative estimate of drug-likeness (QED) is 0.522. The Bertz CT molecular complexity index is 1190. The van der Waals surface area contributed by atoms with Crippen molar-refractivity contribution in [1.82, 2.24) is 15.3 Å². The number of nitrogens with zero attached hydrogens (tertiary/aromatic N) is 2. The number of pyridine rings is 2. The van der Waals surface area contributed by atoms with Crippen molar-refractivity contribution in [3.05, 3.63) is 71.7 Å². The zero-order chi connectivity index (χ0) is 23.6. The highest BCUT2D eigenvalue weighted by molar-refractivity contribution is 6.00. The molecule has 0 spiro atoms. The summed E-state index contributed by atoms with van der Waals surface area (Å²) < 4.78 is 44.6. The van der Waals surface area contributed by atoms with Gasteiger partial charge in [0.25, 0.3) is 5.91 Å². The minimum Gasteiger partial charge on any atom is -0.497 e. The lowest BCUT2D eigenvalue weighted by Crippen LogP contribution is -2.27. The van der Waals surface area contributed by atoms with Gasteiger partial charge in [-0.15, -0.1) is 0 Å². The number of carbonyl (C=O) groups is 1. The summed E-state index contributed by atoms with van der Waals surface area (Å²) in [5.41, 5.74) is 3.29. The van der Waals surface area contributed by atoms with E-state index in [0.29, 0.717) is 28.6 Å². The van der Waals surface area contributed by atoms with Crippen LogP contribution in [0.4, 0.5) is 13.2 Å². The van der Waals surface area contributed by atoms with Crippen molar-refractivity contribution in [1.29, 1.82) is 0 Å². The maximum absolute atomic E-state index is 13.1. The van der Waals surface area contributed by atoms with Crippen LogP contribution in [0.2, 0.25) is 0 Å². The van der Waals surface area contributed by atoms with E-state index in [2.05, 4.69) is 15.3 Å². The number of hydrogen-bond acceptors (Lipinski definition) is 4. The lowest BCUT2D eigenvalue weighted by Gasteiger charge is -2.24. The number of benzene rings is 1. The topological polar surface area (TPSA) is 64.1 Å². The molecule has 5 nitrogen and oxygen atoms in total. The first-order valence-electron chi connectivity index (χ1n) is 10.7. The van der Waals surface area contributed by atoms with E-state index in [4.69, 9.17) is 4.74 Å². The molecule has 0 saturated heterocycles. The first-order chi connectivity index (χ1) is 15.8. The Labute approximate surface area is 189 Å². The number of alkyl halides is 3. The van der Waals surface area contributed by atoms with Crippen molar-refractivity contribution < 1.29 is 22.7 Å². The smallest absolute Gasteiger partial charge is 0.392 e. The van der Waals surface area contributed by atoms with E-state index in [0.717, 1.165) is 16.8 Å². The van der Waals surface area contributed by atoms with Gasteiger partial charge < -0.3 is 10.1 Å². The van der Waals surface area contributed by atoms with Crippen molar-refractivity contribution in [3.63, 3.8) is 0 Å². The molecule has 172 valence electrons. The second-order valence-electron chi connectivity index (χ2n) is 8.16. The molecule has 1 aromatic carbocycles. The maximum Gasteiger partial charge on any atom is 0.392 e. The predicted molar refractivity (Wildman–Crippen MR) is 120 cm³/mol. The number of carbonyl (C=O) groups excluding carboxylic acids is 1. The highest BCUT2D eigenvalue weighted by Crippen LogP contribution is 2.41.